The molecule has 2 aromatic rings. The Morgan fingerprint density at radius 3 is 2.54 bits per heavy atom. The van der Waals surface area contributed by atoms with Crippen molar-refractivity contribution in [2.45, 2.75) is 6.04 Å². The number of methoxy groups -OCH3 is 1. The summed E-state index contributed by atoms with van der Waals surface area (Å²) < 4.78 is 5.18. The number of likely N-dealkylation sites (tertiary alicyclic amines) is 1. The first kappa shape index (κ1) is 19.7. The molecule has 146 valence electrons. The monoisotopic (exact) mass is 381 g/mol. The summed E-state index contributed by atoms with van der Waals surface area (Å²) in [4.78, 5) is 46.3. The van der Waals surface area contributed by atoms with E-state index in [4.69, 9.17) is 4.74 Å². The van der Waals surface area contributed by atoms with Gasteiger partial charge in [0.15, 0.2) is 5.78 Å². The molecule has 1 amide bonds. The van der Waals surface area contributed by atoms with E-state index in [0.717, 1.165) is 0 Å². The van der Waals surface area contributed by atoms with Crippen LogP contribution < -0.4 is 4.74 Å². The fourth-order valence-electron chi connectivity index (χ4n) is 3.42. The van der Waals surface area contributed by atoms with Crippen LogP contribution in [0.2, 0.25) is 0 Å². The predicted octanol–water partition coefficient (Wildman–Crippen LogP) is 1.60. The quantitative estimate of drug-likeness (QED) is 0.412. The van der Waals surface area contributed by atoms with E-state index in [1.54, 1.807) is 48.8 Å². The largest absolute Gasteiger partial charge is 0.497 e. The van der Waals surface area contributed by atoms with Gasteiger partial charge in [0, 0.05) is 31.0 Å². The number of carbonyl (C=O) groups excluding carboxylic acids is 3. The summed E-state index contributed by atoms with van der Waals surface area (Å²) in [6.07, 6.45) is 3.19. The number of carbonyl (C=O) groups is 3. The molecule has 2 atom stereocenters. The SMILES string of the molecule is COc1cccc(C(=O)C2C(=O)C(=O)N(CCN(C)C)C2c2ccncc2)c1. The highest BCUT2D eigenvalue weighted by molar-refractivity contribution is 6.44. The van der Waals surface area contributed by atoms with Crippen molar-refractivity contribution in [1.29, 1.82) is 0 Å². The lowest BCUT2D eigenvalue weighted by molar-refractivity contribution is -0.140. The summed E-state index contributed by atoms with van der Waals surface area (Å²) in [6, 6.07) is 9.47. The Morgan fingerprint density at radius 1 is 1.18 bits per heavy atom. The van der Waals surface area contributed by atoms with Gasteiger partial charge in [-0.1, -0.05) is 12.1 Å². The van der Waals surface area contributed by atoms with Crippen LogP contribution in [0.1, 0.15) is 22.0 Å². The van der Waals surface area contributed by atoms with Crippen molar-refractivity contribution < 1.29 is 19.1 Å². The molecule has 7 nitrogen and oxygen atoms in total. The highest BCUT2D eigenvalue weighted by Gasteiger charge is 2.51. The number of ether oxygens (including phenoxy) is 1. The highest BCUT2D eigenvalue weighted by Crippen LogP contribution is 2.38. The third-order valence-corrected chi connectivity index (χ3v) is 4.88. The molecule has 7 heteroatoms. The average Bonchev–Trinajstić information content (AvgIpc) is 2.97. The molecule has 0 aliphatic carbocycles. The van der Waals surface area contributed by atoms with Crippen LogP contribution >= 0.6 is 0 Å². The Bertz CT molecular complexity index is 882. The number of aromatic nitrogens is 1. The van der Waals surface area contributed by atoms with Crippen molar-refractivity contribution in [3.8, 4) is 5.75 Å². The van der Waals surface area contributed by atoms with Gasteiger partial charge >= 0.3 is 0 Å². The van der Waals surface area contributed by atoms with Crippen molar-refractivity contribution in [2.75, 3.05) is 34.3 Å². The van der Waals surface area contributed by atoms with E-state index in [9.17, 15) is 14.4 Å². The van der Waals surface area contributed by atoms with E-state index < -0.39 is 23.7 Å². The van der Waals surface area contributed by atoms with Crippen molar-refractivity contribution in [2.24, 2.45) is 5.92 Å². The first-order valence-electron chi connectivity index (χ1n) is 9.01. The zero-order valence-electron chi connectivity index (χ0n) is 16.2. The van der Waals surface area contributed by atoms with Crippen molar-refractivity contribution in [1.82, 2.24) is 14.8 Å². The Balaban J connectivity index is 2.02. The first-order valence-corrected chi connectivity index (χ1v) is 9.01. The number of amides is 1. The molecule has 0 N–H and O–H groups in total. The number of hydrogen-bond donors (Lipinski definition) is 0. The summed E-state index contributed by atoms with van der Waals surface area (Å²) in [6.45, 7) is 0.938. The molecular formula is C21H23N3O4. The molecule has 28 heavy (non-hydrogen) atoms. The van der Waals surface area contributed by atoms with Gasteiger partial charge in [-0.15, -0.1) is 0 Å². The number of benzene rings is 1. The Morgan fingerprint density at radius 2 is 1.89 bits per heavy atom. The van der Waals surface area contributed by atoms with E-state index in [1.807, 2.05) is 19.0 Å². The maximum absolute atomic E-state index is 13.3. The van der Waals surface area contributed by atoms with Crippen LogP contribution in [-0.2, 0) is 9.59 Å². The molecule has 2 heterocycles. The maximum atomic E-state index is 13.3. The minimum absolute atomic E-state index is 0.346. The first-order chi connectivity index (χ1) is 13.4. The summed E-state index contributed by atoms with van der Waals surface area (Å²) in [5.41, 5.74) is 1.06. The molecule has 1 aromatic carbocycles. The van der Waals surface area contributed by atoms with E-state index >= 15 is 0 Å². The number of hydrogen-bond acceptors (Lipinski definition) is 6. The second kappa shape index (κ2) is 8.31. The normalized spacial score (nSPS) is 19.4. The second-order valence-electron chi connectivity index (χ2n) is 6.97. The zero-order chi connectivity index (χ0) is 20.3. The predicted molar refractivity (Wildman–Crippen MR) is 103 cm³/mol. The van der Waals surface area contributed by atoms with Crippen molar-refractivity contribution in [3.05, 3.63) is 59.9 Å². The fourth-order valence-corrected chi connectivity index (χ4v) is 3.42. The second-order valence-corrected chi connectivity index (χ2v) is 6.97. The lowest BCUT2D eigenvalue weighted by atomic mass is 9.86. The zero-order valence-corrected chi connectivity index (χ0v) is 16.2. The van der Waals surface area contributed by atoms with Gasteiger partial charge in [-0.3, -0.25) is 19.4 Å². The minimum atomic E-state index is -1.09. The fraction of sp³-hybridized carbons (Fsp3) is 0.333. The van der Waals surface area contributed by atoms with Gasteiger partial charge in [0.05, 0.1) is 13.2 Å². The van der Waals surface area contributed by atoms with Crippen LogP contribution in [0.15, 0.2) is 48.8 Å². The molecule has 2 unspecified atom stereocenters. The van der Waals surface area contributed by atoms with E-state index in [2.05, 4.69) is 4.98 Å². The summed E-state index contributed by atoms with van der Waals surface area (Å²) in [5.74, 6) is -2.25. The maximum Gasteiger partial charge on any atom is 0.291 e. The number of likely N-dealkylation sites (N-methyl/N-ethyl adjacent to an activating group) is 1. The van der Waals surface area contributed by atoms with Crippen LogP contribution in [-0.4, -0.2) is 66.6 Å². The van der Waals surface area contributed by atoms with Gasteiger partial charge in [-0.25, -0.2) is 0 Å². The topological polar surface area (TPSA) is 79.8 Å². The third kappa shape index (κ3) is 3.80. The van der Waals surface area contributed by atoms with Gasteiger partial charge in [0.2, 0.25) is 5.78 Å². The highest BCUT2D eigenvalue weighted by atomic mass is 16.5. The van der Waals surface area contributed by atoms with Crippen LogP contribution in [0.4, 0.5) is 0 Å². The van der Waals surface area contributed by atoms with Gasteiger partial charge in [-0.2, -0.15) is 0 Å². The van der Waals surface area contributed by atoms with Gasteiger partial charge in [0.25, 0.3) is 5.91 Å². The molecule has 0 spiro atoms. The van der Waals surface area contributed by atoms with E-state index in [-0.39, 0.29) is 5.78 Å². The van der Waals surface area contributed by atoms with Gasteiger partial charge < -0.3 is 14.5 Å². The number of rotatable bonds is 7. The molecule has 1 aromatic heterocycles. The van der Waals surface area contributed by atoms with Crippen LogP contribution in [0.5, 0.6) is 5.75 Å². The minimum Gasteiger partial charge on any atom is -0.497 e. The molecule has 1 aliphatic heterocycles. The average molecular weight is 381 g/mol. The lowest BCUT2D eigenvalue weighted by Crippen LogP contribution is -2.36. The van der Waals surface area contributed by atoms with Crippen molar-refractivity contribution >= 4 is 17.5 Å². The van der Waals surface area contributed by atoms with Crippen molar-refractivity contribution in [3.63, 3.8) is 0 Å². The van der Waals surface area contributed by atoms with E-state index in [0.29, 0.717) is 30.0 Å². The molecular weight excluding hydrogens is 358 g/mol. The van der Waals surface area contributed by atoms with Gasteiger partial charge in [-0.05, 0) is 43.9 Å². The molecule has 3 rings (SSSR count). The molecule has 1 fully saturated rings. The van der Waals surface area contributed by atoms with Crippen LogP contribution in [0, 0.1) is 5.92 Å². The molecule has 0 saturated carbocycles. The molecule has 0 radical (unpaired) electrons. The smallest absolute Gasteiger partial charge is 0.291 e. The molecule has 1 aliphatic rings. The van der Waals surface area contributed by atoms with E-state index in [1.165, 1.54) is 12.0 Å². The molecule has 1 saturated heterocycles. The summed E-state index contributed by atoms with van der Waals surface area (Å²) in [5, 5.41) is 0. The summed E-state index contributed by atoms with van der Waals surface area (Å²) in [7, 11) is 5.29. The summed E-state index contributed by atoms with van der Waals surface area (Å²) >= 11 is 0. The Hall–Kier alpha value is -3.06. The molecule has 0 bridgehead atoms. The van der Waals surface area contributed by atoms with Crippen LogP contribution in [0.3, 0.4) is 0 Å². The number of nitrogens with zero attached hydrogens (tertiary/aromatic N) is 3. The van der Waals surface area contributed by atoms with Crippen LogP contribution in [0.25, 0.3) is 0 Å². The third-order valence-electron chi connectivity index (χ3n) is 4.88. The standard InChI is InChI=1S/C21H23N3O4/c1-23(2)11-12-24-18(14-7-9-22-10-8-14)17(20(26)21(24)27)19(25)15-5-4-6-16(13-15)28-3/h4-10,13,17-18H,11-12H2,1-3H3. The Kier molecular flexibility index (Phi) is 5.84. The van der Waals surface area contributed by atoms with Gasteiger partial charge in [0.1, 0.15) is 11.7 Å². The number of ketones is 2. The number of pyridine rings is 1. The Labute approximate surface area is 163 Å². The lowest BCUT2D eigenvalue weighted by Gasteiger charge is -2.28. The number of Topliss-reactive ketones (excluding diaryl/α,β-unsaturated/α-hetero) is 2.